The first kappa shape index (κ1) is 23.3. The average Bonchev–Trinajstić information content (AvgIpc) is 3.37. The second-order valence-electron chi connectivity index (χ2n) is 8.49. The van der Waals surface area contributed by atoms with Crippen LogP contribution < -0.4 is 15.4 Å². The van der Waals surface area contributed by atoms with Crippen molar-refractivity contribution in [3.05, 3.63) is 54.8 Å². The van der Waals surface area contributed by atoms with Crippen LogP contribution in [0.5, 0.6) is 6.01 Å². The van der Waals surface area contributed by atoms with Crippen molar-refractivity contribution in [2.75, 3.05) is 37.9 Å². The summed E-state index contributed by atoms with van der Waals surface area (Å²) in [4.78, 5) is 32.8. The van der Waals surface area contributed by atoms with E-state index in [1.165, 1.54) is 37.6 Å². The van der Waals surface area contributed by atoms with Crippen LogP contribution in [0, 0.1) is 11.6 Å². The van der Waals surface area contributed by atoms with E-state index < -0.39 is 11.6 Å². The molecule has 0 saturated carbocycles. The Morgan fingerprint density at radius 1 is 1.28 bits per heavy atom. The zero-order valence-corrected chi connectivity index (χ0v) is 19.7. The van der Waals surface area contributed by atoms with Crippen LogP contribution in [0.2, 0.25) is 0 Å². The van der Waals surface area contributed by atoms with Gasteiger partial charge in [-0.1, -0.05) is 18.7 Å². The Morgan fingerprint density at radius 3 is 2.83 bits per heavy atom. The number of nitrogens with zero attached hydrogens (tertiary/aromatic N) is 6. The molecular weight excluding hydrogens is 468 g/mol. The van der Waals surface area contributed by atoms with Crippen molar-refractivity contribution in [1.29, 1.82) is 0 Å². The third kappa shape index (κ3) is 3.82. The van der Waals surface area contributed by atoms with Gasteiger partial charge >= 0.3 is 6.01 Å². The van der Waals surface area contributed by atoms with Crippen molar-refractivity contribution in [3.8, 4) is 17.4 Å². The second kappa shape index (κ2) is 8.99. The number of ether oxygens (including phenoxy) is 1. The first-order valence-corrected chi connectivity index (χ1v) is 11.2. The number of aromatic nitrogens is 4. The number of pyridine rings is 2. The maximum atomic E-state index is 16.0. The van der Waals surface area contributed by atoms with E-state index in [1.807, 2.05) is 11.9 Å². The molecule has 36 heavy (non-hydrogen) atoms. The number of carbonyl (C=O) groups excluding carboxylic acids is 1. The fraction of sp³-hybridized carbons (Fsp3) is 0.240. The van der Waals surface area contributed by atoms with Crippen molar-refractivity contribution >= 4 is 39.2 Å². The molecule has 0 radical (unpaired) electrons. The van der Waals surface area contributed by atoms with Gasteiger partial charge in [-0.3, -0.25) is 9.78 Å². The first-order valence-electron chi connectivity index (χ1n) is 11.2. The van der Waals surface area contributed by atoms with E-state index in [4.69, 9.17) is 10.5 Å². The lowest BCUT2D eigenvalue weighted by atomic mass is 10.1. The van der Waals surface area contributed by atoms with Gasteiger partial charge < -0.3 is 20.3 Å². The Hall–Kier alpha value is -4.41. The van der Waals surface area contributed by atoms with Crippen LogP contribution in [0.15, 0.2) is 43.1 Å². The van der Waals surface area contributed by atoms with Crippen LogP contribution in [-0.2, 0) is 4.79 Å². The standard InChI is InChI=1S/C25H23F2N7O2/c1-4-18(35)34-9-8-14(12-34)33(2)24-15-11-29-23(20(27)21(15)31-25(32-24)36-3)22-19-13(10-17(28)30-22)6-5-7-16(19)26/h4-7,10-11,14H,1,8-9,12H2,2-3H3,(H2,28,30). The highest BCUT2D eigenvalue weighted by Gasteiger charge is 2.30. The van der Waals surface area contributed by atoms with E-state index in [1.54, 1.807) is 11.0 Å². The number of halogens is 2. The van der Waals surface area contributed by atoms with Crippen molar-refractivity contribution in [3.63, 3.8) is 0 Å². The van der Waals surface area contributed by atoms with Crippen LogP contribution in [0.4, 0.5) is 20.4 Å². The van der Waals surface area contributed by atoms with Crippen LogP contribution in [0.3, 0.4) is 0 Å². The fourth-order valence-corrected chi connectivity index (χ4v) is 4.57. The predicted molar refractivity (Wildman–Crippen MR) is 133 cm³/mol. The number of likely N-dealkylation sites (tertiary alicyclic amines) is 1. The van der Waals surface area contributed by atoms with Crippen molar-refractivity contribution in [1.82, 2.24) is 24.8 Å². The van der Waals surface area contributed by atoms with Crippen molar-refractivity contribution < 1.29 is 18.3 Å². The fourth-order valence-electron chi connectivity index (χ4n) is 4.57. The normalized spacial score (nSPS) is 15.4. The van der Waals surface area contributed by atoms with Gasteiger partial charge in [-0.05, 0) is 30.0 Å². The second-order valence-corrected chi connectivity index (χ2v) is 8.49. The van der Waals surface area contributed by atoms with E-state index in [9.17, 15) is 9.18 Å². The summed E-state index contributed by atoms with van der Waals surface area (Å²) in [5.74, 6) is -1.03. The number of nitrogens with two attached hydrogens (primary N) is 1. The molecule has 3 aromatic heterocycles. The first-order chi connectivity index (χ1) is 17.3. The molecule has 1 saturated heterocycles. The number of anilines is 2. The van der Waals surface area contributed by atoms with Crippen LogP contribution in [-0.4, -0.2) is 64.0 Å². The van der Waals surface area contributed by atoms with Gasteiger partial charge in [0.25, 0.3) is 0 Å². The number of carbonyl (C=O) groups is 1. The van der Waals surface area contributed by atoms with Gasteiger partial charge in [-0.2, -0.15) is 9.97 Å². The lowest BCUT2D eigenvalue weighted by molar-refractivity contribution is -0.125. The number of methoxy groups -OCH3 is 1. The van der Waals surface area contributed by atoms with E-state index in [0.717, 1.165) is 0 Å². The number of fused-ring (bicyclic) bond motifs is 2. The highest BCUT2D eigenvalue weighted by molar-refractivity contribution is 5.98. The number of rotatable bonds is 5. The average molecular weight is 492 g/mol. The largest absolute Gasteiger partial charge is 0.467 e. The molecule has 184 valence electrons. The predicted octanol–water partition coefficient (Wildman–Crippen LogP) is 3.33. The quantitative estimate of drug-likeness (QED) is 0.424. The van der Waals surface area contributed by atoms with Gasteiger partial charge in [0.05, 0.1) is 12.5 Å². The summed E-state index contributed by atoms with van der Waals surface area (Å²) in [5.41, 5.74) is 5.65. The summed E-state index contributed by atoms with van der Waals surface area (Å²) in [7, 11) is 3.19. The SMILES string of the molecule is C=CC(=O)N1CCC(N(C)c2nc(OC)nc3c(F)c(-c4nc(N)cc5cccc(F)c45)ncc23)C1. The van der Waals surface area contributed by atoms with Gasteiger partial charge in [-0.15, -0.1) is 0 Å². The number of benzene rings is 1. The lowest BCUT2D eigenvalue weighted by Crippen LogP contribution is -2.36. The van der Waals surface area contributed by atoms with Crippen molar-refractivity contribution in [2.45, 2.75) is 12.5 Å². The number of hydrogen-bond acceptors (Lipinski definition) is 8. The summed E-state index contributed by atoms with van der Waals surface area (Å²) in [6.45, 7) is 4.57. The van der Waals surface area contributed by atoms with E-state index >= 15 is 4.39 Å². The van der Waals surface area contributed by atoms with E-state index in [2.05, 4.69) is 26.5 Å². The Balaban J connectivity index is 1.66. The molecule has 1 atom stereocenters. The highest BCUT2D eigenvalue weighted by atomic mass is 19.1. The summed E-state index contributed by atoms with van der Waals surface area (Å²) in [5, 5.41) is 0.912. The topological polar surface area (TPSA) is 110 Å². The Labute approximate surface area is 205 Å². The zero-order chi connectivity index (χ0) is 25.6. The molecule has 1 aromatic carbocycles. The number of likely N-dealkylation sites (N-methyl/N-ethyl adjacent to an activating group) is 1. The molecular formula is C25H23F2N7O2. The molecule has 2 N–H and O–H groups in total. The molecule has 0 spiro atoms. The highest BCUT2D eigenvalue weighted by Crippen LogP contribution is 2.36. The summed E-state index contributed by atoms with van der Waals surface area (Å²) >= 11 is 0. The maximum absolute atomic E-state index is 16.0. The van der Waals surface area contributed by atoms with E-state index in [0.29, 0.717) is 36.1 Å². The van der Waals surface area contributed by atoms with Gasteiger partial charge in [-0.25, -0.2) is 13.8 Å². The molecule has 11 heteroatoms. The smallest absolute Gasteiger partial charge is 0.318 e. The molecule has 1 fully saturated rings. The van der Waals surface area contributed by atoms with Gasteiger partial charge in [0.2, 0.25) is 5.91 Å². The molecule has 9 nitrogen and oxygen atoms in total. The number of amides is 1. The minimum atomic E-state index is -0.805. The minimum absolute atomic E-state index is 0.0237. The van der Waals surface area contributed by atoms with Gasteiger partial charge in [0, 0.05) is 37.8 Å². The summed E-state index contributed by atoms with van der Waals surface area (Å²) in [6.07, 6.45) is 3.40. The van der Waals surface area contributed by atoms with Crippen LogP contribution in [0.1, 0.15) is 6.42 Å². The number of hydrogen-bond donors (Lipinski definition) is 1. The molecule has 4 aromatic rings. The Morgan fingerprint density at radius 2 is 2.08 bits per heavy atom. The number of nitrogen functional groups attached to an aromatic ring is 1. The van der Waals surface area contributed by atoms with E-state index in [-0.39, 0.29) is 46.1 Å². The lowest BCUT2D eigenvalue weighted by Gasteiger charge is -2.27. The Bertz CT molecular complexity index is 1530. The molecule has 1 aliphatic heterocycles. The maximum Gasteiger partial charge on any atom is 0.318 e. The molecule has 4 heterocycles. The van der Waals surface area contributed by atoms with Crippen molar-refractivity contribution in [2.24, 2.45) is 0 Å². The molecule has 1 unspecified atom stereocenters. The molecule has 5 rings (SSSR count). The third-order valence-corrected chi connectivity index (χ3v) is 6.41. The summed E-state index contributed by atoms with van der Waals surface area (Å²) < 4.78 is 36.0. The molecule has 1 aliphatic rings. The van der Waals surface area contributed by atoms with Crippen LogP contribution >= 0.6 is 0 Å². The van der Waals surface area contributed by atoms with Crippen LogP contribution in [0.25, 0.3) is 33.1 Å². The molecule has 0 aliphatic carbocycles. The van der Waals surface area contributed by atoms with Gasteiger partial charge in [0.1, 0.15) is 34.4 Å². The molecule has 0 bridgehead atoms. The van der Waals surface area contributed by atoms with Gasteiger partial charge in [0.15, 0.2) is 5.82 Å². The zero-order valence-electron chi connectivity index (χ0n) is 19.7. The molecule has 1 amide bonds. The Kier molecular flexibility index (Phi) is 5.83. The third-order valence-electron chi connectivity index (χ3n) is 6.41. The monoisotopic (exact) mass is 491 g/mol. The minimum Gasteiger partial charge on any atom is -0.467 e. The summed E-state index contributed by atoms with van der Waals surface area (Å²) in [6, 6.07) is 5.86.